The third kappa shape index (κ3) is 10.3. The fourth-order valence-corrected chi connectivity index (χ4v) is 0.458. The summed E-state index contributed by atoms with van der Waals surface area (Å²) in [6.45, 7) is -0.505. The van der Waals surface area contributed by atoms with Gasteiger partial charge in [-0.05, 0) is 0 Å². The maximum Gasteiger partial charge on any atom is 0.0967 e. The van der Waals surface area contributed by atoms with Crippen molar-refractivity contribution in [1.29, 1.82) is 0 Å². The van der Waals surface area contributed by atoms with Crippen molar-refractivity contribution >= 4 is 17.0 Å². The lowest BCUT2D eigenvalue weighted by atomic mass is 10.8. The molecule has 3 N–H and O–H groups in total. The topological polar surface area (TPSA) is 91.6 Å². The van der Waals surface area contributed by atoms with Crippen LogP contribution in [0.3, 0.4) is 0 Å². The maximum absolute atomic E-state index is 8.40. The van der Waals surface area contributed by atoms with Gasteiger partial charge in [-0.1, -0.05) is 0 Å². The highest BCUT2D eigenvalue weighted by Gasteiger charge is 2.05. The first kappa shape index (κ1) is 16.6. The van der Waals surface area contributed by atoms with Gasteiger partial charge in [0.1, 0.15) is 0 Å². The minimum absolute atomic E-state index is 0. The highest BCUT2D eigenvalue weighted by atomic mass is 79.9. The normalized spacial score (nSPS) is 10.3. The van der Waals surface area contributed by atoms with Crippen molar-refractivity contribution in [3.63, 3.8) is 0 Å². The molecular weight excluding hydrogens is 262 g/mol. The fourth-order valence-electron chi connectivity index (χ4n) is 0.458. The molecule has 0 aliphatic carbocycles. The predicted octanol–water partition coefficient (Wildman–Crippen LogP) is -1.36. The molecule has 0 unspecified atom stereocenters. The van der Waals surface area contributed by atoms with Gasteiger partial charge in [-0.15, -0.1) is 17.0 Å². The molecule has 0 amide bonds. The molecule has 0 radical (unpaired) electrons. The third-order valence-corrected chi connectivity index (χ3v) is 0.864. The maximum atomic E-state index is 8.40. The van der Waals surface area contributed by atoms with Gasteiger partial charge in [-0.3, -0.25) is 0 Å². The molecule has 0 aliphatic heterocycles. The molecule has 0 aromatic heterocycles. The van der Waals surface area contributed by atoms with Gasteiger partial charge in [0.05, 0.1) is 45.0 Å². The van der Waals surface area contributed by atoms with Crippen LogP contribution < -0.4 is 0 Å². The van der Waals surface area contributed by atoms with Gasteiger partial charge in [0.2, 0.25) is 0 Å². The van der Waals surface area contributed by atoms with Crippen LogP contribution in [-0.2, 0) is 14.5 Å². The zero-order valence-electron chi connectivity index (χ0n) is 7.66. The summed E-state index contributed by atoms with van der Waals surface area (Å²) in [6, 6.07) is 0. The Morgan fingerprint density at radius 3 is 1.21 bits per heavy atom. The van der Waals surface area contributed by atoms with E-state index in [-0.39, 0.29) is 56.6 Å². The summed E-state index contributed by atoms with van der Waals surface area (Å²) in [4.78, 5) is 14.1. The highest BCUT2D eigenvalue weighted by Crippen LogP contribution is 1.93. The van der Waals surface area contributed by atoms with Crippen molar-refractivity contribution in [3.05, 3.63) is 0 Å². The molecule has 0 spiro atoms. The van der Waals surface area contributed by atoms with Gasteiger partial charge in [0, 0.05) is 0 Å². The SMILES string of the molecule is Br.OCCON(OCCO)OCCO. The minimum atomic E-state index is -0.179. The van der Waals surface area contributed by atoms with Crippen LogP contribution in [-0.4, -0.2) is 60.4 Å². The lowest BCUT2D eigenvalue weighted by Crippen LogP contribution is -2.28. The largest absolute Gasteiger partial charge is 0.394 e. The van der Waals surface area contributed by atoms with E-state index in [0.29, 0.717) is 5.39 Å². The molecule has 14 heavy (non-hydrogen) atoms. The van der Waals surface area contributed by atoms with Gasteiger partial charge in [0.15, 0.2) is 0 Å². The summed E-state index contributed by atoms with van der Waals surface area (Å²) < 4.78 is 0. The van der Waals surface area contributed by atoms with Crippen molar-refractivity contribution in [3.8, 4) is 0 Å². The molecule has 0 aliphatic rings. The molecule has 0 heterocycles. The number of aliphatic hydroxyl groups is 3. The van der Waals surface area contributed by atoms with E-state index in [0.717, 1.165) is 0 Å². The van der Waals surface area contributed by atoms with E-state index in [1.165, 1.54) is 0 Å². The zero-order valence-corrected chi connectivity index (χ0v) is 9.38. The van der Waals surface area contributed by atoms with Gasteiger partial charge in [0.25, 0.3) is 0 Å². The van der Waals surface area contributed by atoms with Crippen LogP contribution in [0.5, 0.6) is 0 Å². The van der Waals surface area contributed by atoms with Gasteiger partial charge in [-0.25, -0.2) is 14.5 Å². The lowest BCUT2D eigenvalue weighted by Gasteiger charge is -2.17. The summed E-state index contributed by atoms with van der Waals surface area (Å²) in [7, 11) is 0. The fraction of sp³-hybridized carbons (Fsp3) is 1.00. The lowest BCUT2D eigenvalue weighted by molar-refractivity contribution is -0.527. The van der Waals surface area contributed by atoms with Crippen LogP contribution in [0.25, 0.3) is 0 Å². The van der Waals surface area contributed by atoms with E-state index in [9.17, 15) is 0 Å². The zero-order chi connectivity index (χ0) is 9.94. The van der Waals surface area contributed by atoms with E-state index in [1.54, 1.807) is 0 Å². The molecule has 0 aromatic carbocycles. The molecule has 0 rings (SSSR count). The van der Waals surface area contributed by atoms with Crippen LogP contribution in [0, 0.1) is 0 Å². The number of halogens is 1. The Balaban J connectivity index is 0. The molecule has 0 aromatic rings. The second-order valence-electron chi connectivity index (χ2n) is 1.89. The molecular formula is C6H16BrNO6. The molecule has 8 heteroatoms. The molecule has 0 bridgehead atoms. The van der Waals surface area contributed by atoms with E-state index in [4.69, 9.17) is 29.8 Å². The van der Waals surface area contributed by atoms with Crippen LogP contribution in [0.2, 0.25) is 0 Å². The third-order valence-electron chi connectivity index (χ3n) is 0.864. The smallest absolute Gasteiger partial charge is 0.0967 e. The summed E-state index contributed by atoms with van der Waals surface area (Å²) >= 11 is 0. The minimum Gasteiger partial charge on any atom is -0.394 e. The quantitative estimate of drug-likeness (QED) is 0.448. The molecule has 0 saturated carbocycles. The standard InChI is InChI=1S/C6H15NO6.BrH/c8-1-4-11-7(12-5-2-9)13-6-3-10;/h8-10H,1-6H2;1H. The van der Waals surface area contributed by atoms with Gasteiger partial charge in [-0.2, -0.15) is 0 Å². The summed E-state index contributed by atoms with van der Waals surface area (Å²) in [5, 5.41) is 25.9. The number of aliphatic hydroxyl groups excluding tert-OH is 3. The number of nitrogens with zero attached hydrogens (tertiary/aromatic N) is 1. The van der Waals surface area contributed by atoms with E-state index >= 15 is 0 Å². The average Bonchev–Trinajstić information content (AvgIpc) is 2.17. The first-order chi connectivity index (χ1) is 6.35. The monoisotopic (exact) mass is 277 g/mol. The first-order valence-electron chi connectivity index (χ1n) is 3.86. The number of hydrogen-bond donors (Lipinski definition) is 3. The van der Waals surface area contributed by atoms with E-state index < -0.39 is 0 Å². The second-order valence-corrected chi connectivity index (χ2v) is 1.89. The molecule has 88 valence electrons. The Kier molecular flexibility index (Phi) is 15.7. The van der Waals surface area contributed by atoms with Crippen LogP contribution in [0.15, 0.2) is 0 Å². The Bertz CT molecular complexity index is 89.3. The number of rotatable bonds is 9. The molecule has 0 atom stereocenters. The van der Waals surface area contributed by atoms with Crippen LogP contribution in [0.1, 0.15) is 0 Å². The summed E-state index contributed by atoms with van der Waals surface area (Å²) in [6.07, 6.45) is 0. The van der Waals surface area contributed by atoms with Crippen molar-refractivity contribution < 1.29 is 29.8 Å². The Hall–Kier alpha value is 0.200. The van der Waals surface area contributed by atoms with Crippen molar-refractivity contribution in [2.24, 2.45) is 0 Å². The van der Waals surface area contributed by atoms with Crippen molar-refractivity contribution in [2.75, 3.05) is 39.6 Å². The predicted molar refractivity (Wildman–Crippen MR) is 51.3 cm³/mol. The second kappa shape index (κ2) is 13.2. The van der Waals surface area contributed by atoms with Gasteiger partial charge >= 0.3 is 0 Å². The van der Waals surface area contributed by atoms with E-state index in [1.807, 2.05) is 0 Å². The molecule has 0 fully saturated rings. The first-order valence-corrected chi connectivity index (χ1v) is 3.86. The van der Waals surface area contributed by atoms with E-state index in [2.05, 4.69) is 0 Å². The average molecular weight is 278 g/mol. The highest BCUT2D eigenvalue weighted by molar-refractivity contribution is 8.93. The summed E-state index contributed by atoms with van der Waals surface area (Å²) in [5.74, 6) is 0. The Labute approximate surface area is 92.4 Å². The summed E-state index contributed by atoms with van der Waals surface area (Å²) in [5.41, 5.74) is 0. The molecule has 7 nitrogen and oxygen atoms in total. The molecule has 0 saturated heterocycles. The Morgan fingerprint density at radius 2 is 1.00 bits per heavy atom. The van der Waals surface area contributed by atoms with Gasteiger partial charge < -0.3 is 15.3 Å². The Morgan fingerprint density at radius 1 is 0.714 bits per heavy atom. The van der Waals surface area contributed by atoms with Crippen molar-refractivity contribution in [2.45, 2.75) is 0 Å². The van der Waals surface area contributed by atoms with Crippen molar-refractivity contribution in [1.82, 2.24) is 5.39 Å². The van der Waals surface area contributed by atoms with Crippen LogP contribution >= 0.6 is 17.0 Å². The number of hydrogen-bond acceptors (Lipinski definition) is 7. The van der Waals surface area contributed by atoms with Crippen LogP contribution in [0.4, 0.5) is 0 Å².